The molecule has 1 heterocycles. The SMILES string of the molecule is CC(C)(C#N)Nc1ccc(=O)[nH]c1. The topological polar surface area (TPSA) is 68.7 Å². The van der Waals surface area contributed by atoms with Gasteiger partial charge in [0.1, 0.15) is 5.54 Å². The van der Waals surface area contributed by atoms with Crippen molar-refractivity contribution >= 4 is 5.69 Å². The van der Waals surface area contributed by atoms with Gasteiger partial charge in [-0.15, -0.1) is 0 Å². The molecule has 4 heteroatoms. The van der Waals surface area contributed by atoms with Crippen molar-refractivity contribution in [3.8, 4) is 6.07 Å². The number of nitriles is 1. The van der Waals surface area contributed by atoms with Crippen LogP contribution in [0.25, 0.3) is 0 Å². The number of nitrogens with one attached hydrogen (secondary N) is 2. The molecule has 0 bridgehead atoms. The molecule has 0 aliphatic heterocycles. The van der Waals surface area contributed by atoms with E-state index in [1.165, 1.54) is 6.07 Å². The Morgan fingerprint density at radius 3 is 2.69 bits per heavy atom. The van der Waals surface area contributed by atoms with Crippen LogP contribution in [0.2, 0.25) is 0 Å². The Labute approximate surface area is 76.2 Å². The van der Waals surface area contributed by atoms with Gasteiger partial charge in [0.05, 0.1) is 11.8 Å². The molecular weight excluding hydrogens is 166 g/mol. The fraction of sp³-hybridized carbons (Fsp3) is 0.333. The van der Waals surface area contributed by atoms with Crippen LogP contribution in [0.3, 0.4) is 0 Å². The van der Waals surface area contributed by atoms with E-state index in [0.717, 1.165) is 5.69 Å². The number of hydrogen-bond acceptors (Lipinski definition) is 3. The van der Waals surface area contributed by atoms with Gasteiger partial charge in [0, 0.05) is 12.3 Å². The van der Waals surface area contributed by atoms with Crippen LogP contribution in [-0.2, 0) is 0 Å². The Hall–Kier alpha value is -1.76. The lowest BCUT2D eigenvalue weighted by molar-refractivity contribution is 0.728. The van der Waals surface area contributed by atoms with E-state index in [9.17, 15) is 4.79 Å². The van der Waals surface area contributed by atoms with Gasteiger partial charge in [0.25, 0.3) is 0 Å². The fourth-order valence-electron chi connectivity index (χ4n) is 0.877. The van der Waals surface area contributed by atoms with Gasteiger partial charge in [-0.1, -0.05) is 0 Å². The van der Waals surface area contributed by atoms with E-state index in [2.05, 4.69) is 16.4 Å². The van der Waals surface area contributed by atoms with Crippen LogP contribution >= 0.6 is 0 Å². The van der Waals surface area contributed by atoms with Crippen LogP contribution < -0.4 is 10.9 Å². The molecule has 0 amide bonds. The maximum Gasteiger partial charge on any atom is 0.248 e. The fourth-order valence-corrected chi connectivity index (χ4v) is 0.877. The summed E-state index contributed by atoms with van der Waals surface area (Å²) >= 11 is 0. The Balaban J connectivity index is 2.83. The third-order valence-electron chi connectivity index (χ3n) is 1.52. The van der Waals surface area contributed by atoms with E-state index >= 15 is 0 Å². The van der Waals surface area contributed by atoms with Crippen molar-refractivity contribution in [3.05, 3.63) is 28.7 Å². The van der Waals surface area contributed by atoms with E-state index in [4.69, 9.17) is 5.26 Å². The number of hydrogen-bond donors (Lipinski definition) is 2. The molecule has 1 aromatic heterocycles. The number of anilines is 1. The van der Waals surface area contributed by atoms with E-state index in [-0.39, 0.29) is 5.56 Å². The number of aromatic amines is 1. The zero-order valence-electron chi connectivity index (χ0n) is 7.59. The summed E-state index contributed by atoms with van der Waals surface area (Å²) in [6.45, 7) is 3.52. The molecular formula is C9H11N3O. The van der Waals surface area contributed by atoms with Crippen molar-refractivity contribution in [1.29, 1.82) is 5.26 Å². The Morgan fingerprint density at radius 1 is 1.54 bits per heavy atom. The maximum atomic E-state index is 10.7. The number of pyridine rings is 1. The van der Waals surface area contributed by atoms with Gasteiger partial charge in [-0.25, -0.2) is 0 Å². The molecule has 0 atom stereocenters. The standard InChI is InChI=1S/C9H11N3O/c1-9(2,6-10)12-7-3-4-8(13)11-5-7/h3-5,12H,1-2H3,(H,11,13). The first kappa shape index (κ1) is 9.33. The summed E-state index contributed by atoms with van der Waals surface area (Å²) in [7, 11) is 0. The molecule has 0 fully saturated rings. The highest BCUT2D eigenvalue weighted by Gasteiger charge is 2.15. The predicted octanol–water partition coefficient (Wildman–Crippen LogP) is 1.09. The molecule has 13 heavy (non-hydrogen) atoms. The molecule has 0 saturated carbocycles. The van der Waals surface area contributed by atoms with Gasteiger partial charge < -0.3 is 10.3 Å². The minimum atomic E-state index is -0.627. The second-order valence-corrected chi connectivity index (χ2v) is 3.30. The molecule has 0 radical (unpaired) electrons. The summed E-state index contributed by atoms with van der Waals surface area (Å²) in [5, 5.41) is 11.7. The molecule has 0 unspecified atom stereocenters. The monoisotopic (exact) mass is 177 g/mol. The van der Waals surface area contributed by atoms with E-state index in [0.29, 0.717) is 0 Å². The van der Waals surface area contributed by atoms with Gasteiger partial charge in [0.2, 0.25) is 5.56 Å². The van der Waals surface area contributed by atoms with Crippen molar-refractivity contribution in [1.82, 2.24) is 4.98 Å². The minimum Gasteiger partial charge on any atom is -0.367 e. The third kappa shape index (κ3) is 2.64. The van der Waals surface area contributed by atoms with E-state index in [1.807, 2.05) is 0 Å². The van der Waals surface area contributed by atoms with Gasteiger partial charge in [0.15, 0.2) is 0 Å². The number of H-pyrrole nitrogens is 1. The third-order valence-corrected chi connectivity index (χ3v) is 1.52. The normalized spacial score (nSPS) is 10.5. The average Bonchev–Trinajstić information content (AvgIpc) is 2.09. The second kappa shape index (κ2) is 3.31. The summed E-state index contributed by atoms with van der Waals surface area (Å²) in [4.78, 5) is 13.2. The average molecular weight is 177 g/mol. The maximum absolute atomic E-state index is 10.7. The molecule has 1 rings (SSSR count). The summed E-state index contributed by atoms with van der Waals surface area (Å²) in [6, 6.07) is 5.15. The molecule has 68 valence electrons. The van der Waals surface area contributed by atoms with E-state index < -0.39 is 5.54 Å². The first-order chi connectivity index (χ1) is 6.03. The lowest BCUT2D eigenvalue weighted by Gasteiger charge is -2.18. The lowest BCUT2D eigenvalue weighted by atomic mass is 10.1. The van der Waals surface area contributed by atoms with Crippen LogP contribution in [0.1, 0.15) is 13.8 Å². The first-order valence-electron chi connectivity index (χ1n) is 3.92. The quantitative estimate of drug-likeness (QED) is 0.710. The second-order valence-electron chi connectivity index (χ2n) is 3.30. The van der Waals surface area contributed by atoms with Crippen molar-refractivity contribution in [2.24, 2.45) is 0 Å². The highest BCUT2D eigenvalue weighted by molar-refractivity contribution is 5.44. The molecule has 1 aromatic rings. The summed E-state index contributed by atoms with van der Waals surface area (Å²) in [5.41, 5.74) is -0.0513. The highest BCUT2D eigenvalue weighted by atomic mass is 16.1. The smallest absolute Gasteiger partial charge is 0.248 e. The Morgan fingerprint density at radius 2 is 2.23 bits per heavy atom. The Bertz CT molecular complexity index is 366. The number of nitrogens with zero attached hydrogens (tertiary/aromatic N) is 1. The molecule has 4 nitrogen and oxygen atoms in total. The number of rotatable bonds is 2. The summed E-state index contributed by atoms with van der Waals surface area (Å²) < 4.78 is 0. The van der Waals surface area contributed by atoms with Crippen molar-refractivity contribution in [2.45, 2.75) is 19.4 Å². The lowest BCUT2D eigenvalue weighted by Crippen LogP contribution is -2.28. The highest BCUT2D eigenvalue weighted by Crippen LogP contribution is 2.10. The van der Waals surface area contributed by atoms with Crippen LogP contribution in [0.15, 0.2) is 23.1 Å². The van der Waals surface area contributed by atoms with Crippen LogP contribution in [-0.4, -0.2) is 10.5 Å². The van der Waals surface area contributed by atoms with Crippen molar-refractivity contribution in [3.63, 3.8) is 0 Å². The molecule has 2 N–H and O–H groups in total. The van der Waals surface area contributed by atoms with Gasteiger partial charge >= 0.3 is 0 Å². The van der Waals surface area contributed by atoms with Gasteiger partial charge in [-0.2, -0.15) is 5.26 Å². The van der Waals surface area contributed by atoms with Gasteiger partial charge in [-0.05, 0) is 19.9 Å². The van der Waals surface area contributed by atoms with Crippen LogP contribution in [0.4, 0.5) is 5.69 Å². The largest absolute Gasteiger partial charge is 0.367 e. The summed E-state index contributed by atoms with van der Waals surface area (Å²) in [5.74, 6) is 0. The van der Waals surface area contributed by atoms with Gasteiger partial charge in [-0.3, -0.25) is 4.79 Å². The molecule has 0 aromatic carbocycles. The van der Waals surface area contributed by atoms with E-state index in [1.54, 1.807) is 26.1 Å². The van der Waals surface area contributed by atoms with Crippen LogP contribution in [0, 0.1) is 11.3 Å². The van der Waals surface area contributed by atoms with Crippen molar-refractivity contribution in [2.75, 3.05) is 5.32 Å². The van der Waals surface area contributed by atoms with Crippen molar-refractivity contribution < 1.29 is 0 Å². The zero-order valence-corrected chi connectivity index (χ0v) is 7.59. The Kier molecular flexibility index (Phi) is 2.38. The number of aromatic nitrogens is 1. The molecule has 0 saturated heterocycles. The first-order valence-corrected chi connectivity index (χ1v) is 3.92. The predicted molar refractivity (Wildman–Crippen MR) is 50.4 cm³/mol. The summed E-state index contributed by atoms with van der Waals surface area (Å²) in [6.07, 6.45) is 1.54. The minimum absolute atomic E-state index is 0.152. The molecule has 0 aliphatic carbocycles. The molecule has 0 aliphatic rings. The zero-order chi connectivity index (χ0) is 9.90. The van der Waals surface area contributed by atoms with Crippen LogP contribution in [0.5, 0.6) is 0 Å². The molecule has 0 spiro atoms.